The molecule has 0 spiro atoms. The fourth-order valence-electron chi connectivity index (χ4n) is 2.52. The lowest BCUT2D eigenvalue weighted by molar-refractivity contribution is -0.143. The summed E-state index contributed by atoms with van der Waals surface area (Å²) in [6.07, 6.45) is 0.958. The third-order valence-corrected chi connectivity index (χ3v) is 6.20. The molecule has 1 saturated heterocycles. The molecule has 2 unspecified atom stereocenters. The molecule has 0 radical (unpaired) electrons. The molecule has 1 aliphatic heterocycles. The molecule has 2 rings (SSSR count). The largest absolute Gasteiger partial charge is 0.481 e. The van der Waals surface area contributed by atoms with Crippen LogP contribution in [0.15, 0.2) is 27.6 Å². The third kappa shape index (κ3) is 3.32. The first-order valence-corrected chi connectivity index (χ1v) is 8.94. The molecule has 0 aliphatic carbocycles. The average Bonchev–Trinajstić information content (AvgIpc) is 2.46. The van der Waals surface area contributed by atoms with E-state index in [1.54, 1.807) is 6.92 Å². The van der Waals surface area contributed by atoms with Crippen LogP contribution >= 0.6 is 15.9 Å². The molecule has 1 fully saturated rings. The summed E-state index contributed by atoms with van der Waals surface area (Å²) in [5, 5.41) is 18.1. The number of carboxylic acid groups (broad SMARTS) is 1. The standard InChI is InChI=1S/C14H15BrN2O4S/c1-9-2-3-11(14(18)19)8-17(9)22(20,21)13-5-10(7-16)4-12(15)6-13/h4-6,9,11H,2-3,8H2,1H3,(H,18,19). The molecule has 0 aromatic heterocycles. The molecule has 2 atom stereocenters. The number of hydrogen-bond donors (Lipinski definition) is 1. The highest BCUT2D eigenvalue weighted by atomic mass is 79.9. The molecule has 118 valence electrons. The maximum Gasteiger partial charge on any atom is 0.307 e. The van der Waals surface area contributed by atoms with E-state index in [1.165, 1.54) is 22.5 Å². The minimum atomic E-state index is -3.84. The van der Waals surface area contributed by atoms with Gasteiger partial charge in [-0.25, -0.2) is 8.42 Å². The van der Waals surface area contributed by atoms with Crippen molar-refractivity contribution in [3.8, 4) is 6.07 Å². The van der Waals surface area contributed by atoms with Crippen molar-refractivity contribution >= 4 is 31.9 Å². The Kier molecular flexibility index (Phi) is 4.90. The van der Waals surface area contributed by atoms with Crippen LogP contribution in [-0.2, 0) is 14.8 Å². The first-order valence-electron chi connectivity index (χ1n) is 6.71. The predicted octanol–water partition coefficient (Wildman–Crippen LogP) is 2.19. The van der Waals surface area contributed by atoms with Crippen LogP contribution in [0.5, 0.6) is 0 Å². The quantitative estimate of drug-likeness (QED) is 0.857. The van der Waals surface area contributed by atoms with Crippen LogP contribution < -0.4 is 0 Å². The van der Waals surface area contributed by atoms with Crippen LogP contribution in [0.1, 0.15) is 25.3 Å². The summed E-state index contributed by atoms with van der Waals surface area (Å²) < 4.78 is 27.3. The summed E-state index contributed by atoms with van der Waals surface area (Å²) in [7, 11) is -3.84. The number of nitriles is 1. The first-order chi connectivity index (χ1) is 10.3. The number of sulfonamides is 1. The molecule has 22 heavy (non-hydrogen) atoms. The maximum absolute atomic E-state index is 12.8. The second-order valence-electron chi connectivity index (χ2n) is 5.32. The Hall–Kier alpha value is -1.43. The van der Waals surface area contributed by atoms with Crippen molar-refractivity contribution in [3.05, 3.63) is 28.2 Å². The van der Waals surface area contributed by atoms with Crippen molar-refractivity contribution in [2.24, 2.45) is 5.92 Å². The van der Waals surface area contributed by atoms with E-state index in [0.29, 0.717) is 17.3 Å². The number of piperidine rings is 1. The highest BCUT2D eigenvalue weighted by Crippen LogP contribution is 2.30. The zero-order valence-corrected chi connectivity index (χ0v) is 14.3. The smallest absolute Gasteiger partial charge is 0.307 e. The van der Waals surface area contributed by atoms with Crippen LogP contribution in [0, 0.1) is 17.2 Å². The molecule has 8 heteroatoms. The molecule has 0 amide bonds. The lowest BCUT2D eigenvalue weighted by Gasteiger charge is -2.35. The summed E-state index contributed by atoms with van der Waals surface area (Å²) in [6, 6.07) is 5.89. The van der Waals surface area contributed by atoms with E-state index in [9.17, 15) is 13.2 Å². The lowest BCUT2D eigenvalue weighted by Crippen LogP contribution is -2.47. The van der Waals surface area contributed by atoms with Crippen LogP contribution in [-0.4, -0.2) is 36.4 Å². The number of carbonyl (C=O) groups is 1. The van der Waals surface area contributed by atoms with Gasteiger partial charge in [0.2, 0.25) is 10.0 Å². The van der Waals surface area contributed by atoms with Gasteiger partial charge in [0.15, 0.2) is 0 Å². The van der Waals surface area contributed by atoms with E-state index in [4.69, 9.17) is 10.4 Å². The summed E-state index contributed by atoms with van der Waals surface area (Å²) in [6.45, 7) is 1.71. The van der Waals surface area contributed by atoms with Crippen molar-refractivity contribution in [2.75, 3.05) is 6.54 Å². The van der Waals surface area contributed by atoms with Gasteiger partial charge < -0.3 is 5.11 Å². The minimum absolute atomic E-state index is 0.00341. The van der Waals surface area contributed by atoms with Crippen LogP contribution in [0.2, 0.25) is 0 Å². The van der Waals surface area contributed by atoms with Crippen molar-refractivity contribution in [2.45, 2.75) is 30.7 Å². The van der Waals surface area contributed by atoms with Gasteiger partial charge in [-0.2, -0.15) is 9.57 Å². The summed E-state index contributed by atoms with van der Waals surface area (Å²) in [4.78, 5) is 11.1. The van der Waals surface area contributed by atoms with Crippen molar-refractivity contribution in [1.82, 2.24) is 4.31 Å². The summed E-state index contributed by atoms with van der Waals surface area (Å²) in [5.41, 5.74) is 0.229. The second-order valence-corrected chi connectivity index (χ2v) is 8.13. The van der Waals surface area contributed by atoms with E-state index < -0.39 is 21.9 Å². The molecule has 1 aliphatic rings. The molecule has 1 aromatic carbocycles. The predicted molar refractivity (Wildman–Crippen MR) is 82.6 cm³/mol. The fourth-order valence-corrected chi connectivity index (χ4v) is 4.95. The second kappa shape index (κ2) is 6.36. The third-order valence-electron chi connectivity index (χ3n) is 3.78. The average molecular weight is 387 g/mol. The van der Waals surface area contributed by atoms with Crippen LogP contribution in [0.3, 0.4) is 0 Å². The van der Waals surface area contributed by atoms with E-state index >= 15 is 0 Å². The molecular weight excluding hydrogens is 372 g/mol. The molecule has 6 nitrogen and oxygen atoms in total. The van der Waals surface area contributed by atoms with Gasteiger partial charge in [0.1, 0.15) is 0 Å². The number of halogens is 1. The van der Waals surface area contributed by atoms with E-state index in [1.807, 2.05) is 6.07 Å². The van der Waals surface area contributed by atoms with Crippen molar-refractivity contribution in [3.63, 3.8) is 0 Å². The van der Waals surface area contributed by atoms with Crippen LogP contribution in [0.25, 0.3) is 0 Å². The van der Waals surface area contributed by atoms with Gasteiger partial charge >= 0.3 is 5.97 Å². The normalized spacial score (nSPS) is 23.0. The molecule has 1 aromatic rings. The first kappa shape index (κ1) is 16.9. The fraction of sp³-hybridized carbons (Fsp3) is 0.429. The number of aliphatic carboxylic acids is 1. The molecular formula is C14H15BrN2O4S. The van der Waals surface area contributed by atoms with E-state index in [0.717, 1.165) is 0 Å². The van der Waals surface area contributed by atoms with E-state index in [2.05, 4.69) is 15.9 Å². The van der Waals surface area contributed by atoms with Gasteiger partial charge in [-0.15, -0.1) is 0 Å². The zero-order chi connectivity index (χ0) is 16.5. The van der Waals surface area contributed by atoms with Crippen LogP contribution in [0.4, 0.5) is 0 Å². The summed E-state index contributed by atoms with van der Waals surface area (Å²) in [5.74, 6) is -1.69. The highest BCUT2D eigenvalue weighted by Gasteiger charge is 2.37. The Morgan fingerprint density at radius 1 is 1.41 bits per heavy atom. The van der Waals surface area contributed by atoms with Gasteiger partial charge in [0.05, 0.1) is 22.4 Å². The van der Waals surface area contributed by atoms with Gasteiger partial charge in [-0.05, 0) is 38.0 Å². The Morgan fingerprint density at radius 3 is 2.68 bits per heavy atom. The minimum Gasteiger partial charge on any atom is -0.481 e. The van der Waals surface area contributed by atoms with Gasteiger partial charge in [0.25, 0.3) is 0 Å². The Bertz CT molecular complexity index is 742. The number of nitrogens with zero attached hydrogens (tertiary/aromatic N) is 2. The Balaban J connectivity index is 2.43. The summed E-state index contributed by atoms with van der Waals surface area (Å²) >= 11 is 3.19. The van der Waals surface area contributed by atoms with Crippen molar-refractivity contribution < 1.29 is 18.3 Å². The zero-order valence-electron chi connectivity index (χ0n) is 11.9. The molecule has 0 bridgehead atoms. The van der Waals surface area contributed by atoms with E-state index in [-0.39, 0.29) is 23.0 Å². The van der Waals surface area contributed by atoms with Gasteiger partial charge in [0, 0.05) is 17.1 Å². The maximum atomic E-state index is 12.8. The Labute approximate surface area is 137 Å². The molecule has 1 N–H and O–H groups in total. The number of benzene rings is 1. The highest BCUT2D eigenvalue weighted by molar-refractivity contribution is 9.10. The number of hydrogen-bond acceptors (Lipinski definition) is 4. The van der Waals surface area contributed by atoms with Crippen molar-refractivity contribution in [1.29, 1.82) is 5.26 Å². The number of rotatable bonds is 3. The number of carboxylic acids is 1. The SMILES string of the molecule is CC1CCC(C(=O)O)CN1S(=O)(=O)c1cc(Br)cc(C#N)c1. The Morgan fingerprint density at radius 2 is 2.09 bits per heavy atom. The molecule has 0 saturated carbocycles. The van der Waals surface area contributed by atoms with Gasteiger partial charge in [-0.3, -0.25) is 4.79 Å². The molecule has 1 heterocycles. The lowest BCUT2D eigenvalue weighted by atomic mass is 9.96. The monoisotopic (exact) mass is 386 g/mol. The van der Waals surface area contributed by atoms with Gasteiger partial charge in [-0.1, -0.05) is 15.9 Å². The topological polar surface area (TPSA) is 98.5 Å².